The Morgan fingerprint density at radius 1 is 0.806 bits per heavy atom. The van der Waals surface area contributed by atoms with E-state index in [9.17, 15) is 22.0 Å². The number of benzene rings is 2. The second-order valence-electron chi connectivity index (χ2n) is 6.52. The summed E-state index contributed by atoms with van der Waals surface area (Å²) in [5, 5.41) is 0. The maximum atomic E-state index is 13.9. The van der Waals surface area contributed by atoms with Gasteiger partial charge < -0.3 is 14.2 Å². The number of halogens is 5. The van der Waals surface area contributed by atoms with E-state index in [0.29, 0.717) is 5.75 Å². The molecule has 1 atom stereocenters. The van der Waals surface area contributed by atoms with Crippen LogP contribution in [0.25, 0.3) is 0 Å². The predicted octanol–water partition coefficient (Wildman–Crippen LogP) is 5.93. The van der Waals surface area contributed by atoms with Crippen LogP contribution in [0.1, 0.15) is 5.69 Å². The van der Waals surface area contributed by atoms with Crippen LogP contribution in [0.4, 0.5) is 22.0 Å². The average Bonchev–Trinajstić information content (AvgIpc) is 2.74. The first-order valence-corrected chi connectivity index (χ1v) is 9.22. The molecule has 0 aliphatic carbocycles. The highest BCUT2D eigenvalue weighted by molar-refractivity contribution is 5.28. The van der Waals surface area contributed by atoms with Crippen molar-refractivity contribution in [3.05, 3.63) is 84.1 Å². The van der Waals surface area contributed by atoms with Crippen LogP contribution in [0.15, 0.2) is 66.7 Å². The van der Waals surface area contributed by atoms with Crippen LogP contribution < -0.4 is 9.47 Å². The van der Waals surface area contributed by atoms with Gasteiger partial charge in [-0.3, -0.25) is 0 Å². The van der Waals surface area contributed by atoms with Gasteiger partial charge in [0.2, 0.25) is 0 Å². The molecule has 164 valence electrons. The second kappa shape index (κ2) is 10.2. The first kappa shape index (κ1) is 22.5. The molecule has 0 amide bonds. The third-order valence-corrected chi connectivity index (χ3v) is 4.13. The zero-order chi connectivity index (χ0) is 22.3. The molecule has 0 N–H and O–H groups in total. The van der Waals surface area contributed by atoms with Crippen molar-refractivity contribution in [2.75, 3.05) is 13.2 Å². The fourth-order valence-electron chi connectivity index (χ4n) is 2.48. The van der Waals surface area contributed by atoms with Crippen LogP contribution in [-0.4, -0.2) is 24.4 Å². The molecule has 3 aromatic rings. The maximum Gasteiger partial charge on any atom is 0.397 e. The Balaban J connectivity index is 1.57. The van der Waals surface area contributed by atoms with Gasteiger partial charge in [0.25, 0.3) is 5.88 Å². The molecule has 0 aliphatic heterocycles. The number of nitrogens with zero attached hydrogens (tertiary/aromatic N) is 1. The van der Waals surface area contributed by atoms with Gasteiger partial charge in [0, 0.05) is 0 Å². The fourth-order valence-corrected chi connectivity index (χ4v) is 2.48. The highest BCUT2D eigenvalue weighted by Gasteiger charge is 2.40. The van der Waals surface area contributed by atoms with Crippen LogP contribution in [0.2, 0.25) is 0 Å². The number of alkyl halides is 3. The van der Waals surface area contributed by atoms with E-state index in [0.717, 1.165) is 18.2 Å². The van der Waals surface area contributed by atoms with Gasteiger partial charge in [-0.05, 0) is 48.5 Å². The van der Waals surface area contributed by atoms with Gasteiger partial charge in [0.1, 0.15) is 29.8 Å². The van der Waals surface area contributed by atoms with E-state index >= 15 is 0 Å². The molecule has 1 heterocycles. The SMILES string of the molecule is Fc1ccc(OCC(COCc2ccc(F)c(Oc3ccccc3)n2)C(F)(F)F)cc1. The molecule has 1 aromatic heterocycles. The van der Waals surface area contributed by atoms with Gasteiger partial charge in [-0.15, -0.1) is 0 Å². The van der Waals surface area contributed by atoms with Gasteiger partial charge in [-0.1, -0.05) is 18.2 Å². The molecule has 0 aliphatic rings. The lowest BCUT2D eigenvalue weighted by Crippen LogP contribution is -2.32. The van der Waals surface area contributed by atoms with E-state index in [1.807, 2.05) is 0 Å². The topological polar surface area (TPSA) is 40.6 Å². The largest absolute Gasteiger partial charge is 0.493 e. The van der Waals surface area contributed by atoms with Crippen molar-refractivity contribution in [3.8, 4) is 17.4 Å². The van der Waals surface area contributed by atoms with Crippen LogP contribution in [0.5, 0.6) is 17.4 Å². The Kier molecular flexibility index (Phi) is 7.41. The molecule has 0 radical (unpaired) electrons. The molecule has 0 fully saturated rings. The normalized spacial score (nSPS) is 12.4. The van der Waals surface area contributed by atoms with Crippen LogP contribution in [0, 0.1) is 17.6 Å². The molecule has 0 saturated carbocycles. The maximum absolute atomic E-state index is 13.9. The summed E-state index contributed by atoms with van der Waals surface area (Å²) >= 11 is 0. The molecule has 0 bridgehead atoms. The Morgan fingerprint density at radius 2 is 1.52 bits per heavy atom. The zero-order valence-corrected chi connectivity index (χ0v) is 16.1. The molecular weight excluding hydrogens is 421 g/mol. The van der Waals surface area contributed by atoms with E-state index in [1.54, 1.807) is 30.3 Å². The molecule has 9 heteroatoms. The molecule has 1 unspecified atom stereocenters. The second-order valence-corrected chi connectivity index (χ2v) is 6.52. The van der Waals surface area contributed by atoms with Gasteiger partial charge in [-0.2, -0.15) is 13.2 Å². The highest BCUT2D eigenvalue weighted by Crippen LogP contribution is 2.28. The smallest absolute Gasteiger partial charge is 0.397 e. The molecular formula is C22H18F5NO3. The lowest BCUT2D eigenvalue weighted by Gasteiger charge is -2.20. The van der Waals surface area contributed by atoms with Crippen molar-refractivity contribution in [2.24, 2.45) is 5.92 Å². The quantitative estimate of drug-likeness (QED) is 0.388. The zero-order valence-electron chi connectivity index (χ0n) is 16.1. The summed E-state index contributed by atoms with van der Waals surface area (Å²) in [5.41, 5.74) is 0.202. The van der Waals surface area contributed by atoms with Crippen molar-refractivity contribution < 1.29 is 36.2 Å². The Hall–Kier alpha value is -3.20. The van der Waals surface area contributed by atoms with E-state index in [1.165, 1.54) is 18.2 Å². The number of ether oxygens (including phenoxy) is 3. The summed E-state index contributed by atoms with van der Waals surface area (Å²) in [5.74, 6) is -2.99. The standard InChI is InChI=1S/C22H18F5NO3/c23-16-6-9-18(10-7-16)30-13-15(22(25,26)27)12-29-14-17-8-11-20(24)21(28-17)31-19-4-2-1-3-5-19/h1-11,15H,12-14H2. The van der Waals surface area contributed by atoms with Crippen molar-refractivity contribution >= 4 is 0 Å². The summed E-state index contributed by atoms with van der Waals surface area (Å²) in [6.45, 7) is -1.68. The third kappa shape index (κ3) is 6.92. The number of aromatic nitrogens is 1. The summed E-state index contributed by atoms with van der Waals surface area (Å²) in [7, 11) is 0. The van der Waals surface area contributed by atoms with Gasteiger partial charge >= 0.3 is 6.18 Å². The van der Waals surface area contributed by atoms with E-state index in [2.05, 4.69) is 4.98 Å². The van der Waals surface area contributed by atoms with Gasteiger partial charge in [0.05, 0.1) is 18.9 Å². The predicted molar refractivity (Wildman–Crippen MR) is 102 cm³/mol. The first-order valence-electron chi connectivity index (χ1n) is 9.22. The lowest BCUT2D eigenvalue weighted by atomic mass is 10.1. The van der Waals surface area contributed by atoms with Crippen molar-refractivity contribution in [1.29, 1.82) is 0 Å². The van der Waals surface area contributed by atoms with Crippen molar-refractivity contribution in [1.82, 2.24) is 4.98 Å². The van der Waals surface area contributed by atoms with Crippen molar-refractivity contribution in [2.45, 2.75) is 12.8 Å². The average molecular weight is 439 g/mol. The summed E-state index contributed by atoms with van der Waals surface area (Å²) < 4.78 is 82.2. The van der Waals surface area contributed by atoms with Gasteiger partial charge in [-0.25, -0.2) is 13.8 Å². The molecule has 0 spiro atoms. The first-order chi connectivity index (χ1) is 14.8. The molecule has 0 saturated heterocycles. The number of rotatable bonds is 9. The molecule has 2 aromatic carbocycles. The van der Waals surface area contributed by atoms with E-state index in [-0.39, 0.29) is 23.9 Å². The minimum atomic E-state index is -4.57. The number of pyridine rings is 1. The third-order valence-electron chi connectivity index (χ3n) is 4.13. The number of hydrogen-bond donors (Lipinski definition) is 0. The minimum absolute atomic E-state index is 0.110. The van der Waals surface area contributed by atoms with Crippen LogP contribution >= 0.6 is 0 Å². The Bertz CT molecular complexity index is 965. The van der Waals surface area contributed by atoms with Crippen LogP contribution in [0.3, 0.4) is 0 Å². The summed E-state index contributed by atoms with van der Waals surface area (Å²) in [6, 6.07) is 15.4. The van der Waals surface area contributed by atoms with E-state index in [4.69, 9.17) is 14.2 Å². The molecule has 4 nitrogen and oxygen atoms in total. The minimum Gasteiger partial charge on any atom is -0.493 e. The Labute approximate surface area is 175 Å². The van der Waals surface area contributed by atoms with Crippen molar-refractivity contribution in [3.63, 3.8) is 0 Å². The van der Waals surface area contributed by atoms with E-state index < -0.39 is 36.9 Å². The number of para-hydroxylation sites is 1. The lowest BCUT2D eigenvalue weighted by molar-refractivity contribution is -0.196. The Morgan fingerprint density at radius 3 is 2.19 bits per heavy atom. The molecule has 3 rings (SSSR count). The molecule has 31 heavy (non-hydrogen) atoms. The van der Waals surface area contributed by atoms with Gasteiger partial charge in [0.15, 0.2) is 5.82 Å². The monoisotopic (exact) mass is 439 g/mol. The summed E-state index contributed by atoms with van der Waals surface area (Å²) in [4.78, 5) is 3.96. The summed E-state index contributed by atoms with van der Waals surface area (Å²) in [6.07, 6.45) is -4.57. The van der Waals surface area contributed by atoms with Crippen LogP contribution in [-0.2, 0) is 11.3 Å². The number of hydrogen-bond acceptors (Lipinski definition) is 4. The fraction of sp³-hybridized carbons (Fsp3) is 0.227. The highest BCUT2D eigenvalue weighted by atomic mass is 19.4.